The molecule has 33 heavy (non-hydrogen) atoms. The molecule has 172 valence electrons. The zero-order valence-electron chi connectivity index (χ0n) is 17.7. The van der Waals surface area contributed by atoms with E-state index in [0.717, 1.165) is 5.01 Å². The van der Waals surface area contributed by atoms with Crippen molar-refractivity contribution < 1.29 is 16.8 Å². The maximum atomic E-state index is 13.9. The van der Waals surface area contributed by atoms with Crippen LogP contribution in [-0.4, -0.2) is 21.8 Å². The largest absolute Gasteiger partial charge is 0.277 e. The third-order valence-corrected chi connectivity index (χ3v) is 11.3. The van der Waals surface area contributed by atoms with Crippen LogP contribution < -0.4 is 3.71 Å². The number of fused-ring (bicyclic) bond motifs is 1. The molecule has 0 amide bonds. The van der Waals surface area contributed by atoms with E-state index in [0.29, 0.717) is 13.9 Å². The van der Waals surface area contributed by atoms with Crippen molar-refractivity contribution in [2.75, 3.05) is 3.71 Å². The van der Waals surface area contributed by atoms with E-state index in [2.05, 4.69) is 4.98 Å². The lowest BCUT2D eigenvalue weighted by Crippen LogP contribution is -2.37. The van der Waals surface area contributed by atoms with Gasteiger partial charge in [0.1, 0.15) is 0 Å². The van der Waals surface area contributed by atoms with Gasteiger partial charge >= 0.3 is 0 Å². The number of thiazole rings is 1. The average Bonchev–Trinajstić information content (AvgIpc) is 3.10. The number of benzene rings is 3. The van der Waals surface area contributed by atoms with Gasteiger partial charge in [-0.05, 0) is 74.4 Å². The second-order valence-corrected chi connectivity index (χ2v) is 13.1. The lowest BCUT2D eigenvalue weighted by Gasteiger charge is -2.26. The first-order valence-corrected chi connectivity index (χ1v) is 14.1. The maximum Gasteiger partial charge on any atom is 0.277 e. The Kier molecular flexibility index (Phi) is 6.22. The van der Waals surface area contributed by atoms with E-state index in [1.165, 1.54) is 61.6 Å². The molecular formula is C22H18Cl2N2O4S3. The SMILES string of the molecule is Cc1nc2ccc(N(S(=O)(=O)c3cccc(Cl)c3C)S(=O)(=O)c3cccc(Cl)c3C)cc2s1. The Labute approximate surface area is 206 Å². The summed E-state index contributed by atoms with van der Waals surface area (Å²) >= 11 is 13.7. The van der Waals surface area contributed by atoms with Crippen molar-refractivity contribution in [3.05, 3.63) is 80.8 Å². The summed E-state index contributed by atoms with van der Waals surface area (Å²) in [4.78, 5) is 3.95. The number of rotatable bonds is 5. The minimum absolute atomic E-state index is 0.0371. The summed E-state index contributed by atoms with van der Waals surface area (Å²) in [6.07, 6.45) is 0. The third kappa shape index (κ3) is 4.13. The second kappa shape index (κ2) is 8.56. The molecule has 4 rings (SSSR count). The summed E-state index contributed by atoms with van der Waals surface area (Å²) in [6.45, 7) is 4.88. The molecule has 0 N–H and O–H groups in total. The van der Waals surface area contributed by atoms with E-state index in [1.54, 1.807) is 18.2 Å². The van der Waals surface area contributed by atoms with Gasteiger partial charge in [-0.15, -0.1) is 11.3 Å². The Morgan fingerprint density at radius 1 is 0.788 bits per heavy atom. The lowest BCUT2D eigenvalue weighted by atomic mass is 10.2. The van der Waals surface area contributed by atoms with Gasteiger partial charge in [-0.25, -0.2) is 4.98 Å². The highest BCUT2D eigenvalue weighted by Crippen LogP contribution is 2.37. The van der Waals surface area contributed by atoms with Gasteiger partial charge in [0.25, 0.3) is 20.0 Å². The molecule has 0 saturated heterocycles. The van der Waals surface area contributed by atoms with E-state index in [-0.39, 0.29) is 36.7 Å². The summed E-state index contributed by atoms with van der Waals surface area (Å²) < 4.78 is 56.7. The van der Waals surface area contributed by atoms with Crippen LogP contribution in [0.15, 0.2) is 64.4 Å². The zero-order chi connectivity index (χ0) is 24.1. The van der Waals surface area contributed by atoms with E-state index in [1.807, 2.05) is 6.92 Å². The number of aryl methyl sites for hydroxylation is 1. The molecule has 0 unspecified atom stereocenters. The Balaban J connectivity index is 2.05. The van der Waals surface area contributed by atoms with E-state index in [4.69, 9.17) is 23.2 Å². The number of halogens is 2. The van der Waals surface area contributed by atoms with Crippen molar-refractivity contribution in [1.82, 2.24) is 4.98 Å². The first kappa shape index (κ1) is 24.0. The molecule has 0 aliphatic heterocycles. The molecule has 3 aromatic carbocycles. The van der Waals surface area contributed by atoms with Crippen molar-refractivity contribution in [1.29, 1.82) is 0 Å². The molecule has 0 saturated carbocycles. The smallest absolute Gasteiger partial charge is 0.242 e. The molecule has 0 bridgehead atoms. The van der Waals surface area contributed by atoms with Crippen molar-refractivity contribution in [2.45, 2.75) is 30.6 Å². The van der Waals surface area contributed by atoms with E-state index < -0.39 is 20.0 Å². The van der Waals surface area contributed by atoms with Crippen LogP contribution in [0.5, 0.6) is 0 Å². The highest BCUT2D eigenvalue weighted by molar-refractivity contribution is 8.10. The normalized spacial score (nSPS) is 12.3. The summed E-state index contributed by atoms with van der Waals surface area (Å²) in [5.74, 6) is 0. The van der Waals surface area contributed by atoms with Crippen LogP contribution in [0.1, 0.15) is 16.1 Å². The Morgan fingerprint density at radius 3 is 1.82 bits per heavy atom. The van der Waals surface area contributed by atoms with Gasteiger partial charge in [0, 0.05) is 10.0 Å². The molecule has 1 heterocycles. The van der Waals surface area contributed by atoms with Gasteiger partial charge in [-0.2, -0.15) is 20.5 Å². The highest BCUT2D eigenvalue weighted by Gasteiger charge is 2.39. The third-order valence-electron chi connectivity index (χ3n) is 5.12. The first-order chi connectivity index (χ1) is 15.4. The molecule has 11 heteroatoms. The number of anilines is 1. The van der Waals surface area contributed by atoms with Crippen LogP contribution >= 0.6 is 34.5 Å². The topological polar surface area (TPSA) is 84.4 Å². The number of sulfonamides is 2. The van der Waals surface area contributed by atoms with Crippen LogP contribution in [0.25, 0.3) is 10.2 Å². The zero-order valence-corrected chi connectivity index (χ0v) is 21.7. The van der Waals surface area contributed by atoms with Crippen LogP contribution in [-0.2, 0) is 20.0 Å². The van der Waals surface area contributed by atoms with Crippen LogP contribution in [0.2, 0.25) is 10.0 Å². The minimum atomic E-state index is -4.60. The quantitative estimate of drug-likeness (QED) is 0.304. The molecule has 1 aromatic heterocycles. The summed E-state index contributed by atoms with van der Waals surface area (Å²) in [7, 11) is -9.21. The minimum Gasteiger partial charge on any atom is -0.242 e. The first-order valence-electron chi connectivity index (χ1n) is 9.62. The number of aromatic nitrogens is 1. The summed E-state index contributed by atoms with van der Waals surface area (Å²) in [6, 6.07) is 13.2. The van der Waals surface area contributed by atoms with Gasteiger partial charge in [0.15, 0.2) is 0 Å². The van der Waals surface area contributed by atoms with Gasteiger partial charge in [0.2, 0.25) is 0 Å². The predicted octanol–water partition coefficient (Wildman–Crippen LogP) is 6.11. The van der Waals surface area contributed by atoms with Gasteiger partial charge in [-0.1, -0.05) is 35.3 Å². The van der Waals surface area contributed by atoms with Gasteiger partial charge in [0.05, 0.1) is 30.7 Å². The fourth-order valence-electron chi connectivity index (χ4n) is 3.46. The number of nitrogens with zero attached hydrogens (tertiary/aromatic N) is 2. The van der Waals surface area contributed by atoms with Crippen LogP contribution in [0, 0.1) is 20.8 Å². The van der Waals surface area contributed by atoms with Crippen molar-refractivity contribution >= 4 is 70.5 Å². The fourth-order valence-corrected chi connectivity index (χ4v) is 8.93. The molecule has 0 atom stereocenters. The molecule has 0 aliphatic rings. The fraction of sp³-hybridized carbons (Fsp3) is 0.136. The van der Waals surface area contributed by atoms with Crippen LogP contribution in [0.4, 0.5) is 5.69 Å². The van der Waals surface area contributed by atoms with E-state index >= 15 is 0 Å². The van der Waals surface area contributed by atoms with E-state index in [9.17, 15) is 16.8 Å². The molecule has 4 aromatic rings. The lowest BCUT2D eigenvalue weighted by molar-refractivity contribution is 0.583. The molecule has 6 nitrogen and oxygen atoms in total. The molecule has 0 fully saturated rings. The Hall–Kier alpha value is -2.17. The van der Waals surface area contributed by atoms with Gasteiger partial charge in [-0.3, -0.25) is 0 Å². The Bertz CT molecular complexity index is 1530. The average molecular weight is 542 g/mol. The van der Waals surface area contributed by atoms with Crippen molar-refractivity contribution in [2.24, 2.45) is 0 Å². The number of hydrogen-bond acceptors (Lipinski definition) is 6. The number of hydrogen-bond donors (Lipinski definition) is 0. The van der Waals surface area contributed by atoms with Crippen molar-refractivity contribution in [3.8, 4) is 0 Å². The summed E-state index contributed by atoms with van der Waals surface area (Å²) in [5, 5.41) is 1.19. The molecular weight excluding hydrogens is 523 g/mol. The standard InChI is InChI=1S/C22H18Cl2N2O4S3/c1-13-17(23)6-4-8-21(13)32(27,28)26(16-10-11-19-20(12-16)31-15(3)25-19)33(29,30)22-9-5-7-18(24)14(22)2/h4-12H,1-3H3. The van der Waals surface area contributed by atoms with Crippen molar-refractivity contribution in [3.63, 3.8) is 0 Å². The summed E-state index contributed by atoms with van der Waals surface area (Å²) in [5.41, 5.74) is 1.10. The Morgan fingerprint density at radius 2 is 1.30 bits per heavy atom. The predicted molar refractivity (Wildman–Crippen MR) is 134 cm³/mol. The monoisotopic (exact) mass is 540 g/mol. The molecule has 0 radical (unpaired) electrons. The molecule has 0 spiro atoms. The molecule has 0 aliphatic carbocycles. The van der Waals surface area contributed by atoms with Gasteiger partial charge < -0.3 is 0 Å². The maximum absolute atomic E-state index is 13.9. The van der Waals surface area contributed by atoms with Crippen LogP contribution in [0.3, 0.4) is 0 Å². The second-order valence-electron chi connectivity index (χ2n) is 7.32. The highest BCUT2D eigenvalue weighted by atomic mass is 35.5.